The second-order valence-electron chi connectivity index (χ2n) is 4.40. The van der Waals surface area contributed by atoms with Crippen molar-refractivity contribution in [3.63, 3.8) is 0 Å². The number of hydrogen-bond acceptors (Lipinski definition) is 3. The van der Waals surface area contributed by atoms with Gasteiger partial charge in [-0.1, -0.05) is 26.0 Å². The highest BCUT2D eigenvalue weighted by Crippen LogP contribution is 2.18. The van der Waals surface area contributed by atoms with Gasteiger partial charge in [0.2, 0.25) is 0 Å². The van der Waals surface area contributed by atoms with Crippen LogP contribution in [0.5, 0.6) is 0 Å². The van der Waals surface area contributed by atoms with Crippen LogP contribution in [-0.2, 0) is 4.74 Å². The lowest BCUT2D eigenvalue weighted by Gasteiger charge is -2.06. The number of carbonyl (C=O) groups excluding carboxylic acids is 1. The van der Waals surface area contributed by atoms with Gasteiger partial charge in [0.05, 0.1) is 6.61 Å². The van der Waals surface area contributed by atoms with Gasteiger partial charge < -0.3 is 4.74 Å². The topological polar surface area (TPSA) is 26.3 Å². The first-order valence-corrected chi connectivity index (χ1v) is 6.89. The van der Waals surface area contributed by atoms with E-state index in [1.807, 2.05) is 24.3 Å². The zero-order chi connectivity index (χ0) is 12.7. The molecule has 0 bridgehead atoms. The fourth-order valence-electron chi connectivity index (χ4n) is 1.32. The van der Waals surface area contributed by atoms with Crippen LogP contribution in [0.3, 0.4) is 0 Å². The molecule has 94 valence electrons. The molecule has 1 aromatic carbocycles. The van der Waals surface area contributed by atoms with E-state index in [0.717, 1.165) is 24.5 Å². The van der Waals surface area contributed by atoms with Crippen LogP contribution in [0.4, 0.5) is 0 Å². The first-order valence-electron chi connectivity index (χ1n) is 5.91. The van der Waals surface area contributed by atoms with Gasteiger partial charge in [-0.25, -0.2) is 0 Å². The summed E-state index contributed by atoms with van der Waals surface area (Å²) in [5, 5.41) is 0. The zero-order valence-electron chi connectivity index (χ0n) is 10.7. The van der Waals surface area contributed by atoms with Gasteiger partial charge in [-0.15, -0.1) is 11.8 Å². The molecular formula is C14H20O2S. The molecule has 0 unspecified atom stereocenters. The number of Topliss-reactive ketones (excluding diaryl/α,β-unsaturated/α-hetero) is 1. The van der Waals surface area contributed by atoms with Crippen LogP contribution in [0.15, 0.2) is 29.2 Å². The SMILES string of the molecule is CC(=O)c1ccc(SCCOCC(C)C)cc1. The van der Waals surface area contributed by atoms with E-state index in [9.17, 15) is 4.79 Å². The number of hydrogen-bond donors (Lipinski definition) is 0. The van der Waals surface area contributed by atoms with E-state index in [-0.39, 0.29) is 5.78 Å². The highest BCUT2D eigenvalue weighted by atomic mass is 32.2. The molecule has 1 rings (SSSR count). The lowest BCUT2D eigenvalue weighted by molar-refractivity contribution is 0.101. The molecule has 0 saturated carbocycles. The average molecular weight is 252 g/mol. The Kier molecular flexibility index (Phi) is 6.30. The van der Waals surface area contributed by atoms with Crippen LogP contribution in [0.25, 0.3) is 0 Å². The van der Waals surface area contributed by atoms with E-state index >= 15 is 0 Å². The van der Waals surface area contributed by atoms with Crippen molar-refractivity contribution in [2.75, 3.05) is 19.0 Å². The molecule has 0 aromatic heterocycles. The molecule has 0 N–H and O–H groups in total. The van der Waals surface area contributed by atoms with Crippen LogP contribution >= 0.6 is 11.8 Å². The second-order valence-corrected chi connectivity index (χ2v) is 5.57. The van der Waals surface area contributed by atoms with E-state index in [2.05, 4.69) is 13.8 Å². The van der Waals surface area contributed by atoms with Crippen LogP contribution < -0.4 is 0 Å². The third kappa shape index (κ3) is 5.89. The Labute approximate surface area is 108 Å². The lowest BCUT2D eigenvalue weighted by atomic mass is 10.2. The smallest absolute Gasteiger partial charge is 0.159 e. The molecule has 0 aliphatic rings. The standard InChI is InChI=1S/C14H20O2S/c1-11(2)10-16-8-9-17-14-6-4-13(5-7-14)12(3)15/h4-7,11H,8-10H2,1-3H3. The van der Waals surface area contributed by atoms with Gasteiger partial charge in [0, 0.05) is 22.8 Å². The minimum Gasteiger partial charge on any atom is -0.380 e. The molecule has 0 fully saturated rings. The monoisotopic (exact) mass is 252 g/mol. The number of benzene rings is 1. The van der Waals surface area contributed by atoms with Gasteiger partial charge in [-0.2, -0.15) is 0 Å². The van der Waals surface area contributed by atoms with E-state index in [4.69, 9.17) is 4.74 Å². The van der Waals surface area contributed by atoms with Crippen LogP contribution in [-0.4, -0.2) is 24.7 Å². The maximum atomic E-state index is 11.1. The van der Waals surface area contributed by atoms with Gasteiger partial charge in [0.1, 0.15) is 0 Å². The fourth-order valence-corrected chi connectivity index (χ4v) is 2.09. The van der Waals surface area contributed by atoms with Gasteiger partial charge in [-0.3, -0.25) is 4.79 Å². The Morgan fingerprint density at radius 2 is 1.94 bits per heavy atom. The predicted molar refractivity (Wildman–Crippen MR) is 72.8 cm³/mol. The number of ether oxygens (including phenoxy) is 1. The molecular weight excluding hydrogens is 232 g/mol. The Bertz CT molecular complexity index is 344. The molecule has 0 spiro atoms. The van der Waals surface area contributed by atoms with Crippen molar-refractivity contribution >= 4 is 17.5 Å². The summed E-state index contributed by atoms with van der Waals surface area (Å²) in [6.45, 7) is 7.48. The molecule has 0 aliphatic carbocycles. The first kappa shape index (κ1) is 14.3. The van der Waals surface area contributed by atoms with E-state index in [1.54, 1.807) is 18.7 Å². The van der Waals surface area contributed by atoms with Gasteiger partial charge >= 0.3 is 0 Å². The Morgan fingerprint density at radius 3 is 2.47 bits per heavy atom. The summed E-state index contributed by atoms with van der Waals surface area (Å²) in [5.41, 5.74) is 0.769. The van der Waals surface area contributed by atoms with Crippen molar-refractivity contribution in [2.24, 2.45) is 5.92 Å². The summed E-state index contributed by atoms with van der Waals surface area (Å²) in [5.74, 6) is 1.66. The normalized spacial score (nSPS) is 10.8. The minimum atomic E-state index is 0.113. The largest absolute Gasteiger partial charge is 0.380 e. The molecule has 0 atom stereocenters. The van der Waals surface area contributed by atoms with Crippen molar-refractivity contribution in [3.05, 3.63) is 29.8 Å². The molecule has 0 radical (unpaired) electrons. The first-order chi connectivity index (χ1) is 8.09. The van der Waals surface area contributed by atoms with Gasteiger partial charge in [0.15, 0.2) is 5.78 Å². The Morgan fingerprint density at radius 1 is 1.29 bits per heavy atom. The molecule has 0 heterocycles. The molecule has 1 aromatic rings. The van der Waals surface area contributed by atoms with Crippen molar-refractivity contribution in [2.45, 2.75) is 25.7 Å². The van der Waals surface area contributed by atoms with Crippen LogP contribution in [0.2, 0.25) is 0 Å². The fraction of sp³-hybridized carbons (Fsp3) is 0.500. The van der Waals surface area contributed by atoms with Crippen molar-refractivity contribution in [1.29, 1.82) is 0 Å². The number of rotatable bonds is 7. The van der Waals surface area contributed by atoms with Gasteiger partial charge in [0.25, 0.3) is 0 Å². The quantitative estimate of drug-likeness (QED) is 0.421. The summed E-state index contributed by atoms with van der Waals surface area (Å²) < 4.78 is 5.50. The predicted octanol–water partition coefficient (Wildman–Crippen LogP) is 3.65. The highest BCUT2D eigenvalue weighted by molar-refractivity contribution is 7.99. The maximum absolute atomic E-state index is 11.1. The van der Waals surface area contributed by atoms with E-state index < -0.39 is 0 Å². The van der Waals surface area contributed by atoms with Crippen molar-refractivity contribution in [1.82, 2.24) is 0 Å². The van der Waals surface area contributed by atoms with Crippen molar-refractivity contribution in [3.8, 4) is 0 Å². The molecule has 0 aliphatic heterocycles. The number of carbonyl (C=O) groups is 1. The third-order valence-corrected chi connectivity index (χ3v) is 3.18. The highest BCUT2D eigenvalue weighted by Gasteiger charge is 1.99. The summed E-state index contributed by atoms with van der Waals surface area (Å²) >= 11 is 1.76. The molecule has 17 heavy (non-hydrogen) atoms. The maximum Gasteiger partial charge on any atom is 0.159 e. The van der Waals surface area contributed by atoms with E-state index in [1.165, 1.54) is 4.90 Å². The number of ketones is 1. The summed E-state index contributed by atoms with van der Waals surface area (Å²) in [4.78, 5) is 12.3. The summed E-state index contributed by atoms with van der Waals surface area (Å²) in [6.07, 6.45) is 0. The minimum absolute atomic E-state index is 0.113. The van der Waals surface area contributed by atoms with Crippen LogP contribution in [0, 0.1) is 5.92 Å². The molecule has 0 amide bonds. The van der Waals surface area contributed by atoms with Gasteiger partial charge in [-0.05, 0) is 25.0 Å². The molecule has 3 heteroatoms. The summed E-state index contributed by atoms with van der Waals surface area (Å²) in [7, 11) is 0. The number of thioether (sulfide) groups is 1. The average Bonchev–Trinajstić information content (AvgIpc) is 2.29. The van der Waals surface area contributed by atoms with E-state index in [0.29, 0.717) is 5.92 Å². The Balaban J connectivity index is 2.25. The molecule has 0 saturated heterocycles. The van der Waals surface area contributed by atoms with Crippen molar-refractivity contribution < 1.29 is 9.53 Å². The zero-order valence-corrected chi connectivity index (χ0v) is 11.5. The Hall–Kier alpha value is -0.800. The lowest BCUT2D eigenvalue weighted by Crippen LogP contribution is -2.04. The molecule has 2 nitrogen and oxygen atoms in total. The third-order valence-electron chi connectivity index (χ3n) is 2.21. The summed E-state index contributed by atoms with van der Waals surface area (Å²) in [6, 6.07) is 7.73. The van der Waals surface area contributed by atoms with Crippen LogP contribution in [0.1, 0.15) is 31.1 Å². The second kappa shape index (κ2) is 7.51.